The average Bonchev–Trinajstić information content (AvgIpc) is 3.02. The maximum atomic E-state index is 12.6. The molecule has 142 valence electrons. The van der Waals surface area contributed by atoms with Crippen molar-refractivity contribution < 1.29 is 13.2 Å². The molecule has 0 aliphatic rings. The molecule has 0 radical (unpaired) electrons. The Hall–Kier alpha value is -1.43. The predicted molar refractivity (Wildman–Crippen MR) is 103 cm³/mol. The number of rotatable bonds is 9. The van der Waals surface area contributed by atoms with Crippen molar-refractivity contribution >= 4 is 43.6 Å². The van der Waals surface area contributed by atoms with Crippen LogP contribution in [0, 0.1) is 6.92 Å². The van der Waals surface area contributed by atoms with Crippen molar-refractivity contribution in [1.82, 2.24) is 24.8 Å². The summed E-state index contributed by atoms with van der Waals surface area (Å²) in [6, 6.07) is 6.33. The third kappa shape index (κ3) is 5.79. The topological polar surface area (TPSA) is 108 Å². The van der Waals surface area contributed by atoms with Gasteiger partial charge in [0.1, 0.15) is 5.82 Å². The van der Waals surface area contributed by atoms with E-state index in [1.165, 1.54) is 23.9 Å². The van der Waals surface area contributed by atoms with Gasteiger partial charge in [0.2, 0.25) is 21.1 Å². The molecular weight excluding hydrogens is 442 g/mol. The summed E-state index contributed by atoms with van der Waals surface area (Å²) in [6.07, 6.45) is 0. The molecule has 2 rings (SSSR count). The lowest BCUT2D eigenvalue weighted by atomic mass is 10.4. The lowest BCUT2D eigenvalue weighted by molar-refractivity contribution is -0.121. The van der Waals surface area contributed by atoms with Crippen molar-refractivity contribution in [2.45, 2.75) is 23.9 Å². The molecule has 0 unspecified atom stereocenters. The zero-order valence-corrected chi connectivity index (χ0v) is 17.6. The molecule has 1 aromatic carbocycles. The zero-order chi connectivity index (χ0) is 19.2. The molecule has 0 bridgehead atoms. The van der Waals surface area contributed by atoms with Gasteiger partial charge in [0, 0.05) is 23.3 Å². The van der Waals surface area contributed by atoms with Crippen LogP contribution < -0.4 is 5.32 Å². The van der Waals surface area contributed by atoms with Crippen molar-refractivity contribution in [2.24, 2.45) is 0 Å². The summed E-state index contributed by atoms with van der Waals surface area (Å²) in [5.74, 6) is 0.974. The molecule has 2 aromatic rings. The number of halogens is 1. The van der Waals surface area contributed by atoms with Gasteiger partial charge in [-0.05, 0) is 31.2 Å². The van der Waals surface area contributed by atoms with E-state index in [0.717, 1.165) is 14.6 Å². The maximum absolute atomic E-state index is 12.6. The Balaban J connectivity index is 1.86. The lowest BCUT2D eigenvalue weighted by Crippen LogP contribution is -2.41. The van der Waals surface area contributed by atoms with E-state index in [-0.39, 0.29) is 23.9 Å². The van der Waals surface area contributed by atoms with Gasteiger partial charge in [0.25, 0.3) is 0 Å². The van der Waals surface area contributed by atoms with E-state index >= 15 is 0 Å². The van der Waals surface area contributed by atoms with Crippen LogP contribution in [0.3, 0.4) is 0 Å². The number of nitrogens with one attached hydrogen (secondary N) is 2. The highest BCUT2D eigenvalue weighted by molar-refractivity contribution is 9.10. The van der Waals surface area contributed by atoms with Crippen LogP contribution in [-0.2, 0) is 14.8 Å². The predicted octanol–water partition coefficient (Wildman–Crippen LogP) is 1.79. The second-order valence-corrected chi connectivity index (χ2v) is 9.20. The number of aromatic nitrogens is 3. The van der Waals surface area contributed by atoms with E-state index in [1.54, 1.807) is 19.1 Å². The Morgan fingerprint density at radius 3 is 2.62 bits per heavy atom. The summed E-state index contributed by atoms with van der Waals surface area (Å²) >= 11 is 4.68. The minimum absolute atomic E-state index is 0.158. The molecule has 0 aliphatic heterocycles. The normalized spacial score (nSPS) is 11.7. The van der Waals surface area contributed by atoms with Gasteiger partial charge in [-0.15, -0.1) is 5.10 Å². The van der Waals surface area contributed by atoms with Gasteiger partial charge < -0.3 is 5.32 Å². The molecule has 1 amide bonds. The van der Waals surface area contributed by atoms with Crippen LogP contribution in [0.5, 0.6) is 0 Å². The monoisotopic (exact) mass is 461 g/mol. The smallest absolute Gasteiger partial charge is 0.243 e. The number of amides is 1. The number of hydrogen-bond donors (Lipinski definition) is 2. The third-order valence-corrected chi connectivity index (χ3v) is 6.67. The number of H-pyrrole nitrogens is 1. The number of aryl methyl sites for hydroxylation is 1. The molecule has 0 aliphatic carbocycles. The summed E-state index contributed by atoms with van der Waals surface area (Å²) in [6.45, 7) is 3.89. The molecule has 26 heavy (non-hydrogen) atoms. The molecule has 1 aromatic heterocycles. The van der Waals surface area contributed by atoms with Crippen LogP contribution in [0.15, 0.2) is 38.8 Å². The number of thioether (sulfide) groups is 1. The first-order chi connectivity index (χ1) is 12.3. The standard InChI is InChI=1S/C15H20BrN5O3S2/c1-3-21(26(23,24)13-6-4-12(16)5-7-13)10-14(22)17-8-9-25-15-18-11(2)19-20-15/h4-7H,3,8-10H2,1-2H3,(H,17,22)(H,18,19,20). The molecule has 0 saturated carbocycles. The first kappa shape index (κ1) is 20.9. The Bertz CT molecular complexity index is 839. The second-order valence-electron chi connectivity index (χ2n) is 5.29. The Kier molecular flexibility index (Phi) is 7.62. The van der Waals surface area contributed by atoms with Crippen molar-refractivity contribution in [3.63, 3.8) is 0 Å². The number of carbonyl (C=O) groups excluding carboxylic acids is 1. The molecule has 11 heteroatoms. The second kappa shape index (κ2) is 9.49. The number of likely N-dealkylation sites (N-methyl/N-ethyl adjacent to an activating group) is 1. The fraction of sp³-hybridized carbons (Fsp3) is 0.400. The maximum Gasteiger partial charge on any atom is 0.243 e. The fourth-order valence-electron chi connectivity index (χ4n) is 2.06. The van der Waals surface area contributed by atoms with Crippen LogP contribution >= 0.6 is 27.7 Å². The molecule has 0 atom stereocenters. The quantitative estimate of drug-likeness (QED) is 0.435. The lowest BCUT2D eigenvalue weighted by Gasteiger charge is -2.20. The number of aromatic amines is 1. The molecule has 8 nitrogen and oxygen atoms in total. The highest BCUT2D eigenvalue weighted by Crippen LogP contribution is 2.18. The summed E-state index contributed by atoms with van der Waals surface area (Å²) in [5.41, 5.74) is 0. The molecule has 0 saturated heterocycles. The summed E-state index contributed by atoms with van der Waals surface area (Å²) < 4.78 is 27.2. The van der Waals surface area contributed by atoms with Crippen LogP contribution in [0.4, 0.5) is 0 Å². The van der Waals surface area contributed by atoms with Crippen molar-refractivity contribution in [3.05, 3.63) is 34.6 Å². The van der Waals surface area contributed by atoms with Gasteiger partial charge in [0.15, 0.2) is 0 Å². The number of hydrogen-bond acceptors (Lipinski definition) is 6. The Morgan fingerprint density at radius 1 is 1.35 bits per heavy atom. The molecular formula is C15H20BrN5O3S2. The van der Waals surface area contributed by atoms with Crippen molar-refractivity contribution in [1.29, 1.82) is 0 Å². The van der Waals surface area contributed by atoms with E-state index in [2.05, 4.69) is 36.4 Å². The van der Waals surface area contributed by atoms with E-state index < -0.39 is 10.0 Å². The first-order valence-corrected chi connectivity index (χ1v) is 11.1. The molecule has 2 N–H and O–H groups in total. The number of nitrogens with zero attached hydrogens (tertiary/aromatic N) is 3. The van der Waals surface area contributed by atoms with Gasteiger partial charge >= 0.3 is 0 Å². The minimum Gasteiger partial charge on any atom is -0.354 e. The highest BCUT2D eigenvalue weighted by atomic mass is 79.9. The zero-order valence-electron chi connectivity index (χ0n) is 14.4. The van der Waals surface area contributed by atoms with E-state index in [1.807, 2.05) is 6.92 Å². The third-order valence-electron chi connectivity index (χ3n) is 3.36. The summed E-state index contributed by atoms with van der Waals surface area (Å²) in [5, 5.41) is 10.1. The Morgan fingerprint density at radius 2 is 2.04 bits per heavy atom. The van der Waals surface area contributed by atoms with E-state index in [9.17, 15) is 13.2 Å². The van der Waals surface area contributed by atoms with Gasteiger partial charge in [-0.3, -0.25) is 9.89 Å². The fourth-order valence-corrected chi connectivity index (χ4v) is 4.43. The summed E-state index contributed by atoms with van der Waals surface area (Å²) in [7, 11) is -3.71. The van der Waals surface area contributed by atoms with Crippen LogP contribution in [0.25, 0.3) is 0 Å². The first-order valence-electron chi connectivity index (χ1n) is 7.87. The number of sulfonamides is 1. The molecule has 0 spiro atoms. The van der Waals surface area contributed by atoms with Crippen molar-refractivity contribution in [3.8, 4) is 0 Å². The average molecular weight is 462 g/mol. The van der Waals surface area contributed by atoms with Crippen LogP contribution in [0.2, 0.25) is 0 Å². The number of benzene rings is 1. The van der Waals surface area contributed by atoms with Gasteiger partial charge in [-0.25, -0.2) is 13.4 Å². The van der Waals surface area contributed by atoms with Gasteiger partial charge in [-0.2, -0.15) is 4.31 Å². The highest BCUT2D eigenvalue weighted by Gasteiger charge is 2.25. The van der Waals surface area contributed by atoms with Gasteiger partial charge in [0.05, 0.1) is 11.4 Å². The molecule has 0 fully saturated rings. The van der Waals surface area contributed by atoms with E-state index in [4.69, 9.17) is 0 Å². The summed E-state index contributed by atoms with van der Waals surface area (Å²) in [4.78, 5) is 16.4. The Labute approximate surface area is 165 Å². The SMILES string of the molecule is CCN(CC(=O)NCCSc1n[nH]c(C)n1)S(=O)(=O)c1ccc(Br)cc1. The van der Waals surface area contributed by atoms with E-state index in [0.29, 0.717) is 17.5 Å². The minimum atomic E-state index is -3.71. The van der Waals surface area contributed by atoms with Gasteiger partial charge in [-0.1, -0.05) is 34.6 Å². The molecule has 1 heterocycles. The van der Waals surface area contributed by atoms with Crippen LogP contribution in [0.1, 0.15) is 12.7 Å². The van der Waals surface area contributed by atoms with Crippen LogP contribution in [-0.4, -0.2) is 59.2 Å². The largest absolute Gasteiger partial charge is 0.354 e. The van der Waals surface area contributed by atoms with Crippen molar-refractivity contribution in [2.75, 3.05) is 25.4 Å². The number of carbonyl (C=O) groups is 1.